The summed E-state index contributed by atoms with van der Waals surface area (Å²) in [5, 5.41) is 14.8. The van der Waals surface area contributed by atoms with E-state index in [1.807, 2.05) is 37.3 Å². The van der Waals surface area contributed by atoms with Gasteiger partial charge in [0.25, 0.3) is 11.8 Å². The molecule has 4 heterocycles. The Morgan fingerprint density at radius 1 is 1.04 bits per heavy atom. The lowest BCUT2D eigenvalue weighted by Gasteiger charge is -2.26. The van der Waals surface area contributed by atoms with E-state index < -0.39 is 24.0 Å². The molecule has 45 heavy (non-hydrogen) atoms. The smallest absolute Gasteiger partial charge is 0.270 e. The molecule has 2 aliphatic heterocycles. The Balaban J connectivity index is 1.34. The van der Waals surface area contributed by atoms with Crippen molar-refractivity contribution in [3.8, 4) is 0 Å². The Labute approximate surface area is 270 Å². The van der Waals surface area contributed by atoms with Crippen LogP contribution in [0.3, 0.4) is 0 Å². The van der Waals surface area contributed by atoms with E-state index in [4.69, 9.17) is 4.74 Å². The van der Waals surface area contributed by atoms with E-state index in [1.165, 1.54) is 22.7 Å². The van der Waals surface area contributed by atoms with E-state index in [0.717, 1.165) is 10.7 Å². The minimum Gasteiger partial charge on any atom is -0.378 e. The van der Waals surface area contributed by atoms with Crippen molar-refractivity contribution in [1.29, 1.82) is 0 Å². The molecule has 3 aromatic rings. The van der Waals surface area contributed by atoms with Crippen molar-refractivity contribution in [2.75, 3.05) is 37.7 Å². The number of ether oxygens (including phenoxy) is 1. The number of carbonyl (C=O) groups is 4. The van der Waals surface area contributed by atoms with Gasteiger partial charge in [0.1, 0.15) is 27.7 Å². The molecule has 2 aliphatic rings. The predicted molar refractivity (Wildman–Crippen MR) is 173 cm³/mol. The van der Waals surface area contributed by atoms with Gasteiger partial charge < -0.3 is 30.9 Å². The Morgan fingerprint density at radius 2 is 1.80 bits per heavy atom. The molecule has 1 fully saturated rings. The summed E-state index contributed by atoms with van der Waals surface area (Å²) in [7, 11) is 0. The molecule has 1 saturated heterocycles. The van der Waals surface area contributed by atoms with Crippen LogP contribution >= 0.6 is 22.7 Å². The van der Waals surface area contributed by atoms with E-state index >= 15 is 0 Å². The van der Waals surface area contributed by atoms with Crippen LogP contribution in [0.4, 0.5) is 5.13 Å². The van der Waals surface area contributed by atoms with Gasteiger partial charge >= 0.3 is 0 Å². The average Bonchev–Trinajstić information content (AvgIpc) is 3.70. The van der Waals surface area contributed by atoms with Gasteiger partial charge in [-0.05, 0) is 44.6 Å². The second-order valence-electron chi connectivity index (χ2n) is 11.1. The first kappa shape index (κ1) is 32.5. The topological polar surface area (TPSA) is 155 Å². The molecule has 5 rings (SSSR count). The lowest BCUT2D eigenvalue weighted by molar-refractivity contribution is -0.130. The van der Waals surface area contributed by atoms with E-state index in [-0.39, 0.29) is 17.7 Å². The van der Waals surface area contributed by atoms with Crippen LogP contribution in [0.25, 0.3) is 0 Å². The zero-order valence-electron chi connectivity index (χ0n) is 25.5. The highest BCUT2D eigenvalue weighted by Crippen LogP contribution is 2.27. The molecule has 0 saturated carbocycles. The van der Waals surface area contributed by atoms with Crippen molar-refractivity contribution in [2.45, 2.75) is 64.1 Å². The molecule has 4 N–H and O–H groups in total. The summed E-state index contributed by atoms with van der Waals surface area (Å²) in [5.41, 5.74) is 1.89. The van der Waals surface area contributed by atoms with Crippen molar-refractivity contribution in [3.63, 3.8) is 0 Å². The van der Waals surface area contributed by atoms with Crippen LogP contribution in [0.2, 0.25) is 0 Å². The predicted octanol–water partition coefficient (Wildman–Crippen LogP) is 2.75. The molecular weight excluding hydrogens is 615 g/mol. The normalized spacial score (nSPS) is 21.9. The maximum Gasteiger partial charge on any atom is 0.270 e. The van der Waals surface area contributed by atoms with E-state index in [0.29, 0.717) is 86.2 Å². The second-order valence-corrected chi connectivity index (χ2v) is 12.9. The van der Waals surface area contributed by atoms with Crippen molar-refractivity contribution in [2.24, 2.45) is 0 Å². The number of aryl methyl sites for hydroxylation is 1. The number of carbonyl (C=O) groups excluding carboxylic acids is 4. The fourth-order valence-electron chi connectivity index (χ4n) is 5.24. The summed E-state index contributed by atoms with van der Waals surface area (Å²) in [5.74, 6) is -1.47. The van der Waals surface area contributed by atoms with Gasteiger partial charge in [0.05, 0.1) is 24.9 Å². The summed E-state index contributed by atoms with van der Waals surface area (Å²) in [6.07, 6.45) is 2.29. The number of nitrogens with one attached hydrogen (secondary N) is 4. The standard InChI is InChI=1S/C31H39N7O5S2/c1-3-21-27(40)36-23(17-20-9-5-4-6-10-20)30-37-24(18-44-30)26(39)32-12-8-7-11-22(28(41)34-21)35-29(42)25-19(2)33-31(45-25)38-13-15-43-16-14-38/h4-6,9-10,18,21-23H,3,7-8,11-17H2,1-2H3,(H,32,39)(H,34,41)(H,35,42)(H,36,40)/t21-,22+,23+/m1/s1. The number of morpholine rings is 1. The molecule has 0 unspecified atom stereocenters. The molecule has 1 aromatic carbocycles. The number of amides is 4. The number of rotatable bonds is 6. The third kappa shape index (κ3) is 8.44. The van der Waals surface area contributed by atoms with Crippen LogP contribution in [0.5, 0.6) is 0 Å². The fraction of sp³-hybridized carbons (Fsp3) is 0.484. The van der Waals surface area contributed by atoms with Crippen molar-refractivity contribution < 1.29 is 23.9 Å². The first-order valence-electron chi connectivity index (χ1n) is 15.3. The third-order valence-corrected chi connectivity index (χ3v) is 9.97. The van der Waals surface area contributed by atoms with Gasteiger partial charge in [-0.3, -0.25) is 19.2 Å². The Hall–Kier alpha value is -3.88. The molecule has 12 nitrogen and oxygen atoms in total. The number of hydrogen-bond acceptors (Lipinski definition) is 10. The number of thiazole rings is 2. The maximum absolute atomic E-state index is 13.6. The Kier molecular flexibility index (Phi) is 11.1. The highest BCUT2D eigenvalue weighted by molar-refractivity contribution is 7.17. The quantitative estimate of drug-likeness (QED) is 0.317. The average molecular weight is 654 g/mol. The van der Waals surface area contributed by atoms with Crippen LogP contribution in [0.1, 0.15) is 75.1 Å². The zero-order chi connectivity index (χ0) is 31.8. The number of hydrogen-bond donors (Lipinski definition) is 4. The molecule has 14 heteroatoms. The van der Waals surface area contributed by atoms with Crippen LogP contribution in [-0.2, 0) is 20.7 Å². The van der Waals surface area contributed by atoms with Crippen molar-refractivity contribution in [1.82, 2.24) is 31.2 Å². The molecule has 2 aromatic heterocycles. The maximum atomic E-state index is 13.6. The third-order valence-electron chi connectivity index (χ3n) is 7.79. The minimum atomic E-state index is -0.879. The van der Waals surface area contributed by atoms with Crippen molar-refractivity contribution in [3.05, 3.63) is 62.5 Å². The van der Waals surface area contributed by atoms with E-state index in [9.17, 15) is 19.2 Å². The van der Waals surface area contributed by atoms with Crippen molar-refractivity contribution >= 4 is 51.4 Å². The molecule has 0 radical (unpaired) electrons. The molecule has 240 valence electrons. The van der Waals surface area contributed by atoms with Gasteiger partial charge in [-0.25, -0.2) is 9.97 Å². The van der Waals surface area contributed by atoms with Gasteiger partial charge in [0, 0.05) is 25.0 Å². The summed E-state index contributed by atoms with van der Waals surface area (Å²) in [6, 6.07) is 7.49. The minimum absolute atomic E-state index is 0.292. The number of anilines is 1. The van der Waals surface area contributed by atoms with Gasteiger partial charge in [-0.1, -0.05) is 48.6 Å². The van der Waals surface area contributed by atoms with Gasteiger partial charge in [0.15, 0.2) is 5.13 Å². The number of nitrogens with zero attached hydrogens (tertiary/aromatic N) is 3. The highest BCUT2D eigenvalue weighted by Gasteiger charge is 2.30. The molecular formula is C31H39N7O5S2. The lowest BCUT2D eigenvalue weighted by atomic mass is 10.0. The van der Waals surface area contributed by atoms with Gasteiger partial charge in [-0.15, -0.1) is 11.3 Å². The largest absolute Gasteiger partial charge is 0.378 e. The summed E-state index contributed by atoms with van der Waals surface area (Å²) >= 11 is 2.61. The molecule has 2 bridgehead atoms. The van der Waals surface area contributed by atoms with E-state index in [2.05, 4.69) is 36.1 Å². The second kappa shape index (κ2) is 15.4. The van der Waals surface area contributed by atoms with Gasteiger partial charge in [-0.2, -0.15) is 0 Å². The highest BCUT2D eigenvalue weighted by atomic mass is 32.1. The fourth-order valence-corrected chi connectivity index (χ4v) is 7.11. The van der Waals surface area contributed by atoms with E-state index in [1.54, 1.807) is 12.3 Å². The van der Waals surface area contributed by atoms with Gasteiger partial charge in [0.2, 0.25) is 11.8 Å². The lowest BCUT2D eigenvalue weighted by Crippen LogP contribution is -2.54. The summed E-state index contributed by atoms with van der Waals surface area (Å²) in [6.45, 7) is 6.61. The zero-order valence-corrected chi connectivity index (χ0v) is 27.1. The monoisotopic (exact) mass is 653 g/mol. The van der Waals surface area contributed by atoms with Crippen LogP contribution in [0.15, 0.2) is 35.7 Å². The summed E-state index contributed by atoms with van der Waals surface area (Å²) in [4.78, 5) is 65.2. The summed E-state index contributed by atoms with van der Waals surface area (Å²) < 4.78 is 5.43. The first-order valence-corrected chi connectivity index (χ1v) is 17.0. The molecule has 4 amide bonds. The SMILES string of the molecule is CC[C@H]1NC(=O)[C@@H](NC(=O)c2sc(N3CCOCC3)nc2C)CCCCNC(=O)c2csc(n2)[C@H](Cc2ccccc2)NC1=O. The molecule has 3 atom stereocenters. The molecule has 0 spiro atoms. The first-order chi connectivity index (χ1) is 21.8. The Bertz CT molecular complexity index is 1490. The Morgan fingerprint density at radius 3 is 2.56 bits per heavy atom. The number of benzene rings is 1. The number of fused-ring (bicyclic) bond motifs is 2. The van der Waals surface area contributed by atoms with Crippen LogP contribution < -0.4 is 26.2 Å². The van der Waals surface area contributed by atoms with Crippen LogP contribution in [0, 0.1) is 6.92 Å². The molecule has 0 aliphatic carbocycles. The van der Waals surface area contributed by atoms with Crippen LogP contribution in [-0.4, -0.2) is 78.5 Å². The number of aromatic nitrogens is 2.